The summed E-state index contributed by atoms with van der Waals surface area (Å²) in [5.41, 5.74) is 2.29. The van der Waals surface area contributed by atoms with Crippen LogP contribution in [0.2, 0.25) is 0 Å². The molecule has 33 heavy (non-hydrogen) atoms. The van der Waals surface area contributed by atoms with Gasteiger partial charge in [-0.05, 0) is 48.7 Å². The van der Waals surface area contributed by atoms with Crippen LogP contribution in [0.3, 0.4) is 0 Å². The first kappa shape index (κ1) is 23.5. The standard InChI is InChI=1S/C24H31N3O5S/c1-31-23-10-9-21(33(29,30)27-11-3-2-4-12-27)17-22(23)24(28)25-18-19-5-7-20(8-6-19)26-13-15-32-16-14-26/h5-10,17H,2-4,11-16,18H2,1H3,(H,25,28). The van der Waals surface area contributed by atoms with Gasteiger partial charge >= 0.3 is 0 Å². The molecule has 0 unspecified atom stereocenters. The number of benzene rings is 2. The molecule has 1 N–H and O–H groups in total. The highest BCUT2D eigenvalue weighted by molar-refractivity contribution is 7.89. The zero-order valence-corrected chi connectivity index (χ0v) is 19.8. The molecular formula is C24H31N3O5S. The van der Waals surface area contributed by atoms with Crippen molar-refractivity contribution in [2.24, 2.45) is 0 Å². The number of nitrogens with zero attached hydrogens (tertiary/aromatic N) is 2. The second-order valence-corrected chi connectivity index (χ2v) is 10.2. The highest BCUT2D eigenvalue weighted by Crippen LogP contribution is 2.26. The molecule has 2 aromatic carbocycles. The van der Waals surface area contributed by atoms with E-state index in [2.05, 4.69) is 10.2 Å². The maximum Gasteiger partial charge on any atom is 0.255 e. The summed E-state index contributed by atoms with van der Waals surface area (Å²) in [6, 6.07) is 12.5. The van der Waals surface area contributed by atoms with E-state index in [0.717, 1.165) is 56.8 Å². The molecule has 2 aromatic rings. The van der Waals surface area contributed by atoms with E-state index >= 15 is 0 Å². The SMILES string of the molecule is COc1ccc(S(=O)(=O)N2CCCCC2)cc1C(=O)NCc1ccc(N2CCOCC2)cc1. The van der Waals surface area contributed by atoms with Gasteiger partial charge in [-0.2, -0.15) is 4.31 Å². The van der Waals surface area contributed by atoms with Crippen molar-refractivity contribution in [1.82, 2.24) is 9.62 Å². The van der Waals surface area contributed by atoms with Gasteiger partial charge < -0.3 is 19.7 Å². The van der Waals surface area contributed by atoms with Crippen molar-refractivity contribution in [2.75, 3.05) is 51.4 Å². The summed E-state index contributed by atoms with van der Waals surface area (Å²) in [6.07, 6.45) is 2.75. The topological polar surface area (TPSA) is 88.2 Å². The largest absolute Gasteiger partial charge is 0.496 e. The number of sulfonamides is 1. The number of anilines is 1. The minimum Gasteiger partial charge on any atom is -0.496 e. The maximum atomic E-state index is 13.0. The van der Waals surface area contributed by atoms with E-state index in [4.69, 9.17) is 9.47 Å². The fourth-order valence-electron chi connectivity index (χ4n) is 4.20. The van der Waals surface area contributed by atoms with Crippen molar-refractivity contribution in [3.63, 3.8) is 0 Å². The summed E-state index contributed by atoms with van der Waals surface area (Å²) < 4.78 is 38.3. The van der Waals surface area contributed by atoms with Crippen molar-refractivity contribution in [3.8, 4) is 5.75 Å². The third kappa shape index (κ3) is 5.48. The number of carbonyl (C=O) groups excluding carboxylic acids is 1. The lowest BCUT2D eigenvalue weighted by Gasteiger charge is -2.28. The molecule has 0 spiro atoms. The highest BCUT2D eigenvalue weighted by Gasteiger charge is 2.27. The number of nitrogens with one attached hydrogen (secondary N) is 1. The van der Waals surface area contributed by atoms with Crippen LogP contribution in [0.15, 0.2) is 47.4 Å². The van der Waals surface area contributed by atoms with Gasteiger partial charge in [-0.15, -0.1) is 0 Å². The van der Waals surface area contributed by atoms with Crippen LogP contribution in [-0.2, 0) is 21.3 Å². The number of amides is 1. The average molecular weight is 474 g/mol. The molecule has 2 aliphatic heterocycles. The van der Waals surface area contributed by atoms with E-state index < -0.39 is 10.0 Å². The van der Waals surface area contributed by atoms with Crippen molar-refractivity contribution in [2.45, 2.75) is 30.7 Å². The first-order valence-corrected chi connectivity index (χ1v) is 12.8. The summed E-state index contributed by atoms with van der Waals surface area (Å²) in [7, 11) is -2.17. The Kier molecular flexibility index (Phi) is 7.52. The Morgan fingerprint density at radius 1 is 1.00 bits per heavy atom. The number of piperidine rings is 1. The minimum atomic E-state index is -3.64. The molecule has 0 atom stereocenters. The number of morpholine rings is 1. The summed E-state index contributed by atoms with van der Waals surface area (Å²) >= 11 is 0. The molecule has 4 rings (SSSR count). The van der Waals surface area contributed by atoms with Crippen molar-refractivity contribution in [3.05, 3.63) is 53.6 Å². The van der Waals surface area contributed by atoms with Crippen molar-refractivity contribution in [1.29, 1.82) is 0 Å². The molecule has 1 amide bonds. The predicted molar refractivity (Wildman–Crippen MR) is 126 cm³/mol. The number of rotatable bonds is 7. The van der Waals surface area contributed by atoms with E-state index in [-0.39, 0.29) is 16.4 Å². The normalized spacial score (nSPS) is 17.5. The molecule has 0 aliphatic carbocycles. The van der Waals surface area contributed by atoms with Gasteiger partial charge in [0.15, 0.2) is 0 Å². The predicted octanol–water partition coefficient (Wildman–Crippen LogP) is 2.64. The van der Waals surface area contributed by atoms with Crippen LogP contribution < -0.4 is 15.0 Å². The lowest BCUT2D eigenvalue weighted by Crippen LogP contribution is -2.36. The van der Waals surface area contributed by atoms with Crippen LogP contribution >= 0.6 is 0 Å². The molecule has 2 heterocycles. The minimum absolute atomic E-state index is 0.116. The molecular weight excluding hydrogens is 442 g/mol. The van der Waals surface area contributed by atoms with Crippen LogP contribution in [0, 0.1) is 0 Å². The number of ether oxygens (including phenoxy) is 2. The van der Waals surface area contributed by atoms with Gasteiger partial charge in [0, 0.05) is 38.4 Å². The Morgan fingerprint density at radius 3 is 2.36 bits per heavy atom. The number of hydrogen-bond donors (Lipinski definition) is 1. The first-order chi connectivity index (χ1) is 16.0. The van der Waals surface area contributed by atoms with E-state index in [9.17, 15) is 13.2 Å². The van der Waals surface area contributed by atoms with Gasteiger partial charge in [0.25, 0.3) is 5.91 Å². The van der Waals surface area contributed by atoms with Crippen LogP contribution in [0.4, 0.5) is 5.69 Å². The van der Waals surface area contributed by atoms with E-state index in [1.165, 1.54) is 23.5 Å². The molecule has 9 heteroatoms. The average Bonchev–Trinajstić information content (AvgIpc) is 2.88. The van der Waals surface area contributed by atoms with Crippen LogP contribution in [0.1, 0.15) is 35.2 Å². The fourth-order valence-corrected chi connectivity index (χ4v) is 5.75. The summed E-state index contributed by atoms with van der Waals surface area (Å²) in [5.74, 6) is -0.0347. The molecule has 2 aliphatic rings. The molecule has 0 aromatic heterocycles. The summed E-state index contributed by atoms with van der Waals surface area (Å²) in [6.45, 7) is 4.54. The second kappa shape index (κ2) is 10.5. The van der Waals surface area contributed by atoms with Crippen LogP contribution in [-0.4, -0.2) is 65.1 Å². The summed E-state index contributed by atoms with van der Waals surface area (Å²) in [4.78, 5) is 15.3. The Balaban J connectivity index is 1.45. The van der Waals surface area contributed by atoms with Crippen LogP contribution in [0.25, 0.3) is 0 Å². The molecule has 0 saturated carbocycles. The Morgan fingerprint density at radius 2 is 1.70 bits per heavy atom. The quantitative estimate of drug-likeness (QED) is 0.665. The first-order valence-electron chi connectivity index (χ1n) is 11.4. The smallest absolute Gasteiger partial charge is 0.255 e. The van der Waals surface area contributed by atoms with Gasteiger partial charge in [-0.25, -0.2) is 8.42 Å². The van der Waals surface area contributed by atoms with Crippen molar-refractivity contribution < 1.29 is 22.7 Å². The van der Waals surface area contributed by atoms with E-state index in [1.54, 1.807) is 6.07 Å². The molecule has 0 bridgehead atoms. The van der Waals surface area contributed by atoms with E-state index in [0.29, 0.717) is 25.4 Å². The third-order valence-electron chi connectivity index (χ3n) is 6.13. The molecule has 2 saturated heterocycles. The van der Waals surface area contributed by atoms with Gasteiger partial charge in [0.2, 0.25) is 10.0 Å². The molecule has 0 radical (unpaired) electrons. The monoisotopic (exact) mass is 473 g/mol. The Labute approximate surface area is 195 Å². The van der Waals surface area contributed by atoms with Crippen LogP contribution in [0.5, 0.6) is 5.75 Å². The summed E-state index contributed by atoms with van der Waals surface area (Å²) in [5, 5.41) is 2.89. The molecule has 8 nitrogen and oxygen atoms in total. The number of hydrogen-bond acceptors (Lipinski definition) is 6. The number of methoxy groups -OCH3 is 1. The zero-order valence-electron chi connectivity index (χ0n) is 19.0. The Bertz CT molecular complexity index is 1060. The maximum absolute atomic E-state index is 13.0. The number of carbonyl (C=O) groups is 1. The van der Waals surface area contributed by atoms with E-state index in [1.807, 2.05) is 24.3 Å². The van der Waals surface area contributed by atoms with Crippen molar-refractivity contribution >= 4 is 21.6 Å². The lowest BCUT2D eigenvalue weighted by atomic mass is 10.1. The lowest BCUT2D eigenvalue weighted by molar-refractivity contribution is 0.0947. The van der Waals surface area contributed by atoms with Gasteiger partial charge in [0.1, 0.15) is 5.75 Å². The molecule has 2 fully saturated rings. The molecule has 178 valence electrons. The zero-order chi connectivity index (χ0) is 23.3. The second-order valence-electron chi connectivity index (χ2n) is 8.28. The van der Waals surface area contributed by atoms with Gasteiger partial charge in [0.05, 0.1) is 30.8 Å². The van der Waals surface area contributed by atoms with Gasteiger partial charge in [-0.3, -0.25) is 4.79 Å². The Hall–Kier alpha value is -2.62. The third-order valence-corrected chi connectivity index (χ3v) is 8.03. The fraction of sp³-hybridized carbons (Fsp3) is 0.458. The van der Waals surface area contributed by atoms with Gasteiger partial charge in [-0.1, -0.05) is 18.6 Å². The highest BCUT2D eigenvalue weighted by atomic mass is 32.2.